The lowest BCUT2D eigenvalue weighted by atomic mass is 10.0. The van der Waals surface area contributed by atoms with Gasteiger partial charge in [-0.25, -0.2) is 0 Å². The Labute approximate surface area is 107 Å². The number of pyridine rings is 1. The molecule has 1 heterocycles. The fourth-order valence-electron chi connectivity index (χ4n) is 1.82. The molecule has 1 aromatic heterocycles. The molecule has 2 aromatic rings. The number of rotatable bonds is 4. The number of benzene rings is 1. The fraction of sp³-hybridized carbons (Fsp3) is 0.267. The zero-order valence-corrected chi connectivity index (χ0v) is 10.6. The van der Waals surface area contributed by atoms with Crippen LogP contribution in [0.15, 0.2) is 42.6 Å². The number of hydrogen-bond acceptors (Lipinski definition) is 3. The van der Waals surface area contributed by atoms with Crippen molar-refractivity contribution < 1.29 is 9.84 Å². The summed E-state index contributed by atoms with van der Waals surface area (Å²) in [6, 6.07) is 11.8. The van der Waals surface area contributed by atoms with Crippen LogP contribution in [0.2, 0.25) is 0 Å². The molecule has 1 N–H and O–H groups in total. The quantitative estimate of drug-likeness (QED) is 0.897. The molecule has 3 nitrogen and oxygen atoms in total. The highest BCUT2D eigenvalue weighted by Gasteiger charge is 2.06. The van der Waals surface area contributed by atoms with Crippen molar-refractivity contribution in [2.75, 3.05) is 7.11 Å². The number of aliphatic hydroxyl groups excluding tert-OH is 1. The van der Waals surface area contributed by atoms with Crippen molar-refractivity contribution in [3.8, 4) is 11.3 Å². The number of aliphatic hydroxyl groups is 1. The van der Waals surface area contributed by atoms with Gasteiger partial charge in [0.25, 0.3) is 0 Å². The van der Waals surface area contributed by atoms with Gasteiger partial charge in [-0.1, -0.05) is 18.2 Å². The highest BCUT2D eigenvalue weighted by Crippen LogP contribution is 2.23. The summed E-state index contributed by atoms with van der Waals surface area (Å²) >= 11 is 0. The molecule has 0 bridgehead atoms. The summed E-state index contributed by atoms with van der Waals surface area (Å²) in [6.07, 6.45) is 1.78. The minimum absolute atomic E-state index is 0.0314. The molecule has 0 aliphatic heterocycles. The molecular formula is C15H17NO2. The van der Waals surface area contributed by atoms with Crippen LogP contribution in [-0.4, -0.2) is 17.2 Å². The summed E-state index contributed by atoms with van der Waals surface area (Å²) in [5, 5.41) is 9.14. The Morgan fingerprint density at radius 2 is 2.11 bits per heavy atom. The van der Waals surface area contributed by atoms with Crippen molar-refractivity contribution >= 4 is 0 Å². The smallest absolute Gasteiger partial charge is 0.0793 e. The fourth-order valence-corrected chi connectivity index (χ4v) is 1.82. The van der Waals surface area contributed by atoms with Gasteiger partial charge in [-0.15, -0.1) is 0 Å². The minimum atomic E-state index is 0.0314. The van der Waals surface area contributed by atoms with E-state index in [-0.39, 0.29) is 12.7 Å². The Kier molecular flexibility index (Phi) is 4.07. The van der Waals surface area contributed by atoms with E-state index in [1.807, 2.05) is 37.3 Å². The van der Waals surface area contributed by atoms with Crippen LogP contribution in [0.3, 0.4) is 0 Å². The van der Waals surface area contributed by atoms with E-state index in [2.05, 4.69) is 11.1 Å². The Balaban J connectivity index is 2.38. The van der Waals surface area contributed by atoms with Gasteiger partial charge < -0.3 is 9.84 Å². The number of nitrogens with zero attached hydrogens (tertiary/aromatic N) is 1. The molecule has 0 unspecified atom stereocenters. The summed E-state index contributed by atoms with van der Waals surface area (Å²) < 4.78 is 5.31. The molecule has 0 amide bonds. The zero-order valence-electron chi connectivity index (χ0n) is 10.6. The van der Waals surface area contributed by atoms with Crippen LogP contribution >= 0.6 is 0 Å². The average molecular weight is 243 g/mol. The minimum Gasteiger partial charge on any atom is -0.392 e. The van der Waals surface area contributed by atoms with Gasteiger partial charge in [0.05, 0.1) is 18.4 Å². The summed E-state index contributed by atoms with van der Waals surface area (Å²) in [6.45, 7) is 2.04. The van der Waals surface area contributed by atoms with Crippen molar-refractivity contribution in [2.45, 2.75) is 19.6 Å². The number of hydrogen-bond donors (Lipinski definition) is 1. The Morgan fingerprint density at radius 3 is 2.83 bits per heavy atom. The molecule has 1 atom stereocenters. The first kappa shape index (κ1) is 12.7. The largest absolute Gasteiger partial charge is 0.392 e. The predicted octanol–water partition coefficient (Wildman–Crippen LogP) is 2.95. The molecule has 0 aliphatic carbocycles. The second-order valence-electron chi connectivity index (χ2n) is 4.21. The lowest BCUT2D eigenvalue weighted by Gasteiger charge is -2.11. The van der Waals surface area contributed by atoms with Crippen molar-refractivity contribution in [1.29, 1.82) is 0 Å². The average Bonchev–Trinajstić information content (AvgIpc) is 2.46. The predicted molar refractivity (Wildman–Crippen MR) is 71.0 cm³/mol. The summed E-state index contributed by atoms with van der Waals surface area (Å²) in [5.74, 6) is 0. The molecule has 1 aromatic carbocycles. The van der Waals surface area contributed by atoms with E-state index in [4.69, 9.17) is 9.84 Å². The highest BCUT2D eigenvalue weighted by atomic mass is 16.5. The van der Waals surface area contributed by atoms with Crippen LogP contribution in [0, 0.1) is 0 Å². The van der Waals surface area contributed by atoms with E-state index in [0.29, 0.717) is 0 Å². The zero-order chi connectivity index (χ0) is 13.0. The molecule has 3 heteroatoms. The molecular weight excluding hydrogens is 226 g/mol. The van der Waals surface area contributed by atoms with Gasteiger partial charge >= 0.3 is 0 Å². The summed E-state index contributed by atoms with van der Waals surface area (Å²) in [5.41, 5.74) is 3.88. The van der Waals surface area contributed by atoms with E-state index < -0.39 is 0 Å². The van der Waals surface area contributed by atoms with Crippen molar-refractivity contribution in [3.63, 3.8) is 0 Å². The standard InChI is InChI=1S/C15H17NO2/c1-11(18-2)13-4-3-5-14(9-13)15-8-12(10-17)6-7-16-15/h3-9,11,17H,10H2,1-2H3/t11-/m0/s1. The summed E-state index contributed by atoms with van der Waals surface area (Å²) in [7, 11) is 1.70. The molecule has 0 fully saturated rings. The lowest BCUT2D eigenvalue weighted by molar-refractivity contribution is 0.119. The van der Waals surface area contributed by atoms with E-state index in [1.165, 1.54) is 0 Å². The maximum Gasteiger partial charge on any atom is 0.0793 e. The number of ether oxygens (including phenoxy) is 1. The van der Waals surface area contributed by atoms with Gasteiger partial charge in [0.2, 0.25) is 0 Å². The van der Waals surface area contributed by atoms with E-state index in [1.54, 1.807) is 13.3 Å². The first-order chi connectivity index (χ1) is 8.74. The Morgan fingerprint density at radius 1 is 1.28 bits per heavy atom. The van der Waals surface area contributed by atoms with Crippen LogP contribution in [-0.2, 0) is 11.3 Å². The van der Waals surface area contributed by atoms with E-state index >= 15 is 0 Å². The van der Waals surface area contributed by atoms with Gasteiger partial charge in [-0.3, -0.25) is 4.98 Å². The van der Waals surface area contributed by atoms with Crippen molar-refractivity contribution in [1.82, 2.24) is 4.98 Å². The van der Waals surface area contributed by atoms with Crippen LogP contribution < -0.4 is 0 Å². The van der Waals surface area contributed by atoms with Crippen LogP contribution in [0.4, 0.5) is 0 Å². The second-order valence-corrected chi connectivity index (χ2v) is 4.21. The molecule has 94 valence electrons. The Bertz CT molecular complexity index is 525. The monoisotopic (exact) mass is 243 g/mol. The molecule has 0 aliphatic rings. The first-order valence-corrected chi connectivity index (χ1v) is 5.93. The first-order valence-electron chi connectivity index (χ1n) is 5.93. The molecule has 0 saturated carbocycles. The van der Waals surface area contributed by atoms with Gasteiger partial charge in [0.1, 0.15) is 0 Å². The normalized spacial score (nSPS) is 12.4. The van der Waals surface area contributed by atoms with Gasteiger partial charge in [0, 0.05) is 18.9 Å². The maximum atomic E-state index is 9.14. The van der Waals surface area contributed by atoms with E-state index in [9.17, 15) is 0 Å². The third-order valence-electron chi connectivity index (χ3n) is 3.01. The molecule has 0 radical (unpaired) electrons. The van der Waals surface area contributed by atoms with Crippen LogP contribution in [0.25, 0.3) is 11.3 Å². The molecule has 0 spiro atoms. The second kappa shape index (κ2) is 5.76. The third kappa shape index (κ3) is 2.75. The number of methoxy groups -OCH3 is 1. The lowest BCUT2D eigenvalue weighted by Crippen LogP contribution is -1.96. The molecule has 18 heavy (non-hydrogen) atoms. The highest BCUT2D eigenvalue weighted by molar-refractivity contribution is 5.60. The van der Waals surface area contributed by atoms with Crippen LogP contribution in [0.5, 0.6) is 0 Å². The van der Waals surface area contributed by atoms with Gasteiger partial charge in [-0.2, -0.15) is 0 Å². The maximum absolute atomic E-state index is 9.14. The van der Waals surface area contributed by atoms with Crippen molar-refractivity contribution in [3.05, 3.63) is 53.7 Å². The third-order valence-corrected chi connectivity index (χ3v) is 3.01. The Hall–Kier alpha value is -1.71. The summed E-state index contributed by atoms with van der Waals surface area (Å²) in [4.78, 5) is 4.33. The van der Waals surface area contributed by atoms with Gasteiger partial charge in [0.15, 0.2) is 0 Å². The number of aromatic nitrogens is 1. The SMILES string of the molecule is CO[C@@H](C)c1cccc(-c2cc(CO)ccn2)c1. The van der Waals surface area contributed by atoms with Crippen LogP contribution in [0.1, 0.15) is 24.2 Å². The van der Waals surface area contributed by atoms with Crippen molar-refractivity contribution in [2.24, 2.45) is 0 Å². The van der Waals surface area contributed by atoms with Gasteiger partial charge in [-0.05, 0) is 36.2 Å². The van der Waals surface area contributed by atoms with E-state index in [0.717, 1.165) is 22.4 Å². The topological polar surface area (TPSA) is 42.4 Å². The molecule has 2 rings (SSSR count). The molecule has 0 saturated heterocycles.